The Kier molecular flexibility index (Phi) is 6.97. The van der Waals surface area contributed by atoms with Gasteiger partial charge in [-0.3, -0.25) is 4.79 Å². The molecule has 0 spiro atoms. The first-order valence-corrected chi connectivity index (χ1v) is 6.96. The predicted octanol–water partition coefficient (Wildman–Crippen LogP) is 1.22. The molecule has 4 nitrogen and oxygen atoms in total. The van der Waals surface area contributed by atoms with Gasteiger partial charge in [-0.15, -0.1) is 12.4 Å². The van der Waals surface area contributed by atoms with Gasteiger partial charge in [0, 0.05) is 6.54 Å². The molecule has 2 rings (SSSR count). The van der Waals surface area contributed by atoms with Crippen LogP contribution < -0.4 is 10.6 Å². The summed E-state index contributed by atoms with van der Waals surface area (Å²) in [5.74, 6) is 0.443. The average Bonchev–Trinajstić information content (AvgIpc) is 2.90. The highest BCUT2D eigenvalue weighted by atomic mass is 35.5. The molecule has 1 aliphatic heterocycles. The molecule has 106 valence electrons. The van der Waals surface area contributed by atoms with Crippen LogP contribution >= 0.6 is 12.4 Å². The van der Waals surface area contributed by atoms with Crippen LogP contribution in [0, 0.1) is 5.92 Å². The van der Waals surface area contributed by atoms with Gasteiger partial charge >= 0.3 is 0 Å². The summed E-state index contributed by atoms with van der Waals surface area (Å²) in [4.78, 5) is 11.7. The number of halogens is 1. The standard InChI is InChI=1S/C13H24N2O2.ClH/c16-12(10-5-2-1-3-6-10)9-15-13(17)11-7-4-8-14-11;/h10-12,14,16H,1-9H2,(H,15,17);1H. The molecule has 1 aliphatic carbocycles. The van der Waals surface area contributed by atoms with Crippen molar-refractivity contribution in [1.82, 2.24) is 10.6 Å². The maximum Gasteiger partial charge on any atom is 0.237 e. The van der Waals surface area contributed by atoms with E-state index in [1.807, 2.05) is 0 Å². The van der Waals surface area contributed by atoms with Crippen molar-refractivity contribution < 1.29 is 9.90 Å². The minimum Gasteiger partial charge on any atom is -0.391 e. The van der Waals surface area contributed by atoms with Crippen molar-refractivity contribution in [1.29, 1.82) is 0 Å². The molecular formula is C13H25ClN2O2. The third kappa shape index (κ3) is 4.41. The van der Waals surface area contributed by atoms with Crippen molar-refractivity contribution in [2.24, 2.45) is 5.92 Å². The van der Waals surface area contributed by atoms with Gasteiger partial charge in [-0.05, 0) is 38.1 Å². The van der Waals surface area contributed by atoms with E-state index in [1.54, 1.807) is 0 Å². The van der Waals surface area contributed by atoms with Crippen molar-refractivity contribution in [3.8, 4) is 0 Å². The summed E-state index contributed by atoms with van der Waals surface area (Å²) in [6.07, 6.45) is 7.59. The molecule has 5 heteroatoms. The first kappa shape index (κ1) is 15.7. The SMILES string of the molecule is Cl.O=C(NCC(O)C1CCCCC1)C1CCCN1. The van der Waals surface area contributed by atoms with Crippen LogP contribution in [0.5, 0.6) is 0 Å². The van der Waals surface area contributed by atoms with Crippen molar-refractivity contribution in [3.05, 3.63) is 0 Å². The highest BCUT2D eigenvalue weighted by Crippen LogP contribution is 2.26. The van der Waals surface area contributed by atoms with E-state index in [4.69, 9.17) is 0 Å². The number of rotatable bonds is 4. The Morgan fingerprint density at radius 2 is 1.94 bits per heavy atom. The van der Waals surface area contributed by atoms with Gasteiger partial charge in [0.05, 0.1) is 12.1 Å². The van der Waals surface area contributed by atoms with Gasteiger partial charge in [-0.1, -0.05) is 19.3 Å². The first-order valence-electron chi connectivity index (χ1n) is 6.96. The number of aliphatic hydroxyl groups excluding tert-OH is 1. The van der Waals surface area contributed by atoms with Crippen molar-refractivity contribution >= 4 is 18.3 Å². The van der Waals surface area contributed by atoms with Crippen LogP contribution in [-0.4, -0.2) is 36.2 Å². The lowest BCUT2D eigenvalue weighted by atomic mass is 9.85. The second-order valence-electron chi connectivity index (χ2n) is 5.36. The molecule has 18 heavy (non-hydrogen) atoms. The lowest BCUT2D eigenvalue weighted by Gasteiger charge is -2.27. The number of carbonyl (C=O) groups excluding carboxylic acids is 1. The molecule has 3 N–H and O–H groups in total. The lowest BCUT2D eigenvalue weighted by molar-refractivity contribution is -0.123. The molecule has 0 aromatic rings. The highest BCUT2D eigenvalue weighted by Gasteiger charge is 2.25. The third-order valence-electron chi connectivity index (χ3n) is 4.06. The summed E-state index contributed by atoms with van der Waals surface area (Å²) in [5.41, 5.74) is 0. The predicted molar refractivity (Wildman–Crippen MR) is 73.9 cm³/mol. The fraction of sp³-hybridized carbons (Fsp3) is 0.923. The molecule has 1 saturated carbocycles. The zero-order valence-electron chi connectivity index (χ0n) is 10.9. The van der Waals surface area contributed by atoms with Crippen LogP contribution in [0.25, 0.3) is 0 Å². The maximum absolute atomic E-state index is 11.7. The van der Waals surface area contributed by atoms with Gasteiger partial charge in [0.15, 0.2) is 0 Å². The van der Waals surface area contributed by atoms with Gasteiger partial charge in [-0.25, -0.2) is 0 Å². The fourth-order valence-electron chi connectivity index (χ4n) is 2.92. The molecule has 1 saturated heterocycles. The van der Waals surface area contributed by atoms with Crippen LogP contribution in [-0.2, 0) is 4.79 Å². The minimum atomic E-state index is -0.361. The quantitative estimate of drug-likeness (QED) is 0.724. The normalized spacial score (nSPS) is 26.4. The van der Waals surface area contributed by atoms with Gasteiger partial charge < -0.3 is 15.7 Å². The Balaban J connectivity index is 0.00000162. The molecular weight excluding hydrogens is 252 g/mol. The zero-order chi connectivity index (χ0) is 12.1. The molecule has 0 bridgehead atoms. The highest BCUT2D eigenvalue weighted by molar-refractivity contribution is 5.85. The van der Waals surface area contributed by atoms with E-state index in [1.165, 1.54) is 19.3 Å². The van der Waals surface area contributed by atoms with Gasteiger partial charge in [-0.2, -0.15) is 0 Å². The van der Waals surface area contributed by atoms with Crippen molar-refractivity contribution in [2.45, 2.75) is 57.1 Å². The molecule has 0 aromatic heterocycles. The summed E-state index contributed by atoms with van der Waals surface area (Å²) < 4.78 is 0. The lowest BCUT2D eigenvalue weighted by Crippen LogP contribution is -2.44. The van der Waals surface area contributed by atoms with Crippen LogP contribution in [0.1, 0.15) is 44.9 Å². The van der Waals surface area contributed by atoms with Crippen LogP contribution in [0.15, 0.2) is 0 Å². The third-order valence-corrected chi connectivity index (χ3v) is 4.06. The van der Waals surface area contributed by atoms with Gasteiger partial charge in [0.2, 0.25) is 5.91 Å². The van der Waals surface area contributed by atoms with E-state index in [0.717, 1.165) is 32.2 Å². The van der Waals surface area contributed by atoms with Crippen LogP contribution in [0.3, 0.4) is 0 Å². The van der Waals surface area contributed by atoms with E-state index in [2.05, 4.69) is 10.6 Å². The van der Waals surface area contributed by atoms with Gasteiger partial charge in [0.25, 0.3) is 0 Å². The Labute approximate surface area is 115 Å². The maximum atomic E-state index is 11.7. The van der Waals surface area contributed by atoms with E-state index in [9.17, 15) is 9.90 Å². The molecule has 0 radical (unpaired) electrons. The van der Waals surface area contributed by atoms with Crippen LogP contribution in [0.4, 0.5) is 0 Å². The summed E-state index contributed by atoms with van der Waals surface area (Å²) >= 11 is 0. The molecule has 2 unspecified atom stereocenters. The van der Waals surface area contributed by atoms with Crippen LogP contribution in [0.2, 0.25) is 0 Å². The first-order chi connectivity index (χ1) is 8.27. The number of hydrogen-bond donors (Lipinski definition) is 3. The molecule has 1 amide bonds. The Hall–Kier alpha value is -0.320. The molecule has 2 atom stereocenters. The number of carbonyl (C=O) groups is 1. The molecule has 2 aliphatic rings. The van der Waals surface area contributed by atoms with E-state index in [0.29, 0.717) is 12.5 Å². The topological polar surface area (TPSA) is 61.4 Å². The number of aliphatic hydroxyl groups is 1. The fourth-order valence-corrected chi connectivity index (χ4v) is 2.92. The monoisotopic (exact) mass is 276 g/mol. The van der Waals surface area contributed by atoms with Crippen molar-refractivity contribution in [3.63, 3.8) is 0 Å². The molecule has 0 aromatic carbocycles. The summed E-state index contributed by atoms with van der Waals surface area (Å²) in [6.45, 7) is 1.35. The second-order valence-corrected chi connectivity index (χ2v) is 5.36. The Morgan fingerprint density at radius 3 is 2.56 bits per heavy atom. The van der Waals surface area contributed by atoms with Crippen molar-refractivity contribution in [2.75, 3.05) is 13.1 Å². The average molecular weight is 277 g/mol. The van der Waals surface area contributed by atoms with E-state index in [-0.39, 0.29) is 30.5 Å². The molecule has 1 heterocycles. The zero-order valence-corrected chi connectivity index (χ0v) is 11.7. The number of nitrogens with one attached hydrogen (secondary N) is 2. The number of amides is 1. The number of hydrogen-bond acceptors (Lipinski definition) is 3. The smallest absolute Gasteiger partial charge is 0.237 e. The van der Waals surface area contributed by atoms with E-state index < -0.39 is 0 Å². The molecule has 2 fully saturated rings. The Bertz CT molecular complexity index is 251. The van der Waals surface area contributed by atoms with Gasteiger partial charge in [0.1, 0.15) is 0 Å². The summed E-state index contributed by atoms with van der Waals surface area (Å²) in [7, 11) is 0. The Morgan fingerprint density at radius 1 is 1.22 bits per heavy atom. The second kappa shape index (κ2) is 7.97. The van der Waals surface area contributed by atoms with E-state index >= 15 is 0 Å². The summed E-state index contributed by atoms with van der Waals surface area (Å²) in [6, 6.07) is -0.0337. The summed E-state index contributed by atoms with van der Waals surface area (Å²) in [5, 5.41) is 16.1. The minimum absolute atomic E-state index is 0. The largest absolute Gasteiger partial charge is 0.391 e.